The molecule has 3 rings (SSSR count). The number of pyridine rings is 1. The van der Waals surface area contributed by atoms with Crippen LogP contribution < -0.4 is 4.80 Å². The van der Waals surface area contributed by atoms with Crippen molar-refractivity contribution >= 4 is 29.0 Å². The van der Waals surface area contributed by atoms with Gasteiger partial charge >= 0.3 is 0 Å². The van der Waals surface area contributed by atoms with E-state index in [9.17, 15) is 4.79 Å². The number of nitrogens with zero attached hydrogens (tertiary/aromatic N) is 3. The first-order valence-corrected chi connectivity index (χ1v) is 8.96. The molecule has 0 aliphatic heterocycles. The predicted molar refractivity (Wildman–Crippen MR) is 93.4 cm³/mol. The van der Waals surface area contributed by atoms with Crippen LogP contribution >= 0.6 is 23.1 Å². The molecular formula is C17H15N3OS2. The number of thiazole rings is 1. The maximum absolute atomic E-state index is 12.1. The highest BCUT2D eigenvalue weighted by Gasteiger charge is 2.03. The number of carbonyl (C=O) groups excluding carboxylic acids is 1. The summed E-state index contributed by atoms with van der Waals surface area (Å²) in [5.41, 5.74) is 1.19. The molecule has 0 aliphatic rings. The highest BCUT2D eigenvalue weighted by atomic mass is 32.2. The van der Waals surface area contributed by atoms with Gasteiger partial charge in [-0.1, -0.05) is 30.3 Å². The molecule has 4 nitrogen and oxygen atoms in total. The predicted octanol–water partition coefficient (Wildman–Crippen LogP) is 3.21. The number of carbonyl (C=O) groups is 1. The summed E-state index contributed by atoms with van der Waals surface area (Å²) in [6.07, 6.45) is 5.40. The highest BCUT2D eigenvalue weighted by molar-refractivity contribution is 8.00. The van der Waals surface area contributed by atoms with Crippen LogP contribution in [0.3, 0.4) is 0 Å². The number of amides is 1. The lowest BCUT2D eigenvalue weighted by molar-refractivity contribution is -0.115. The van der Waals surface area contributed by atoms with E-state index in [-0.39, 0.29) is 5.91 Å². The summed E-state index contributed by atoms with van der Waals surface area (Å²) in [6, 6.07) is 13.9. The summed E-state index contributed by atoms with van der Waals surface area (Å²) in [4.78, 5) is 22.0. The summed E-state index contributed by atoms with van der Waals surface area (Å²) >= 11 is 2.95. The van der Waals surface area contributed by atoms with Crippen LogP contribution in [-0.4, -0.2) is 21.2 Å². The van der Waals surface area contributed by atoms with Gasteiger partial charge in [-0.25, -0.2) is 0 Å². The molecule has 0 fully saturated rings. The Morgan fingerprint density at radius 3 is 2.74 bits per heavy atom. The van der Waals surface area contributed by atoms with Gasteiger partial charge in [0.25, 0.3) is 5.91 Å². The molecule has 0 saturated heterocycles. The number of hydrogen-bond donors (Lipinski definition) is 0. The van der Waals surface area contributed by atoms with Crippen LogP contribution in [0.1, 0.15) is 5.56 Å². The second-order valence-corrected chi connectivity index (χ2v) is 6.70. The van der Waals surface area contributed by atoms with Gasteiger partial charge in [-0.05, 0) is 17.7 Å². The number of hydrogen-bond acceptors (Lipinski definition) is 4. The Kier molecular flexibility index (Phi) is 5.39. The van der Waals surface area contributed by atoms with Crippen molar-refractivity contribution in [3.8, 4) is 0 Å². The molecule has 1 amide bonds. The van der Waals surface area contributed by atoms with Crippen molar-refractivity contribution in [3.05, 3.63) is 76.8 Å². The second-order valence-electron chi connectivity index (χ2n) is 4.78. The van der Waals surface area contributed by atoms with Crippen molar-refractivity contribution in [1.29, 1.82) is 0 Å². The maximum atomic E-state index is 12.1. The average molecular weight is 341 g/mol. The Balaban J connectivity index is 1.68. The summed E-state index contributed by atoms with van der Waals surface area (Å²) in [5, 5.41) is 1.95. The average Bonchev–Trinajstić information content (AvgIpc) is 3.02. The minimum Gasteiger partial charge on any atom is -0.319 e. The number of aromatic nitrogens is 2. The smallest absolute Gasteiger partial charge is 0.258 e. The summed E-state index contributed by atoms with van der Waals surface area (Å²) in [7, 11) is 0. The molecule has 0 spiro atoms. The lowest BCUT2D eigenvalue weighted by atomic mass is 10.2. The third kappa shape index (κ3) is 4.64. The van der Waals surface area contributed by atoms with E-state index in [4.69, 9.17) is 0 Å². The topological polar surface area (TPSA) is 47.2 Å². The Morgan fingerprint density at radius 2 is 1.96 bits per heavy atom. The molecule has 2 heterocycles. The van der Waals surface area contributed by atoms with Crippen molar-refractivity contribution in [2.45, 2.75) is 11.4 Å². The molecule has 0 saturated carbocycles. The van der Waals surface area contributed by atoms with E-state index in [0.717, 1.165) is 9.70 Å². The second kappa shape index (κ2) is 7.89. The van der Waals surface area contributed by atoms with Gasteiger partial charge in [0.05, 0.1) is 5.75 Å². The van der Waals surface area contributed by atoms with Crippen LogP contribution in [0, 0.1) is 0 Å². The highest BCUT2D eigenvalue weighted by Crippen LogP contribution is 2.15. The van der Waals surface area contributed by atoms with E-state index in [1.807, 2.05) is 46.5 Å². The van der Waals surface area contributed by atoms with Crippen LogP contribution in [0.15, 0.2) is 76.3 Å². The third-order valence-corrected chi connectivity index (χ3v) is 4.88. The van der Waals surface area contributed by atoms with Crippen molar-refractivity contribution in [1.82, 2.24) is 9.55 Å². The van der Waals surface area contributed by atoms with Crippen molar-refractivity contribution in [2.75, 3.05) is 5.75 Å². The van der Waals surface area contributed by atoms with E-state index in [1.165, 1.54) is 28.7 Å². The Hall–Kier alpha value is -2.18. The van der Waals surface area contributed by atoms with E-state index in [2.05, 4.69) is 22.1 Å². The SMILES string of the molecule is O=C(CSc1ccncc1)N=c1sccn1Cc1ccccc1. The van der Waals surface area contributed by atoms with Gasteiger partial charge in [-0.15, -0.1) is 23.1 Å². The molecule has 0 unspecified atom stereocenters. The maximum Gasteiger partial charge on any atom is 0.258 e. The molecule has 2 aromatic heterocycles. The molecule has 0 aliphatic carbocycles. The van der Waals surface area contributed by atoms with Gasteiger partial charge < -0.3 is 4.57 Å². The largest absolute Gasteiger partial charge is 0.319 e. The molecule has 3 aromatic rings. The summed E-state index contributed by atoms with van der Waals surface area (Å²) in [6.45, 7) is 0.716. The minimum absolute atomic E-state index is 0.129. The number of thioether (sulfide) groups is 1. The Labute approximate surface area is 142 Å². The Bertz CT molecular complexity index is 826. The summed E-state index contributed by atoms with van der Waals surface area (Å²) < 4.78 is 2.00. The van der Waals surface area contributed by atoms with Gasteiger partial charge in [0.15, 0.2) is 4.80 Å². The fourth-order valence-corrected chi connectivity index (χ4v) is 3.42. The van der Waals surface area contributed by atoms with Crippen molar-refractivity contribution in [2.24, 2.45) is 4.99 Å². The van der Waals surface area contributed by atoms with E-state index < -0.39 is 0 Å². The lowest BCUT2D eigenvalue weighted by Crippen LogP contribution is -2.17. The van der Waals surface area contributed by atoms with Crippen LogP contribution in [-0.2, 0) is 11.3 Å². The molecule has 6 heteroatoms. The molecule has 116 valence electrons. The monoisotopic (exact) mass is 341 g/mol. The van der Waals surface area contributed by atoms with Crippen LogP contribution in [0.4, 0.5) is 0 Å². The van der Waals surface area contributed by atoms with Crippen LogP contribution in [0.5, 0.6) is 0 Å². The van der Waals surface area contributed by atoms with Gasteiger partial charge in [0.2, 0.25) is 0 Å². The summed E-state index contributed by atoms with van der Waals surface area (Å²) in [5.74, 6) is 0.198. The van der Waals surface area contributed by atoms with Crippen LogP contribution in [0.2, 0.25) is 0 Å². The first kappa shape index (κ1) is 15.7. The van der Waals surface area contributed by atoms with Gasteiger partial charge in [-0.2, -0.15) is 4.99 Å². The first-order valence-electron chi connectivity index (χ1n) is 7.09. The molecule has 23 heavy (non-hydrogen) atoms. The fraction of sp³-hybridized carbons (Fsp3) is 0.118. The molecule has 0 atom stereocenters. The zero-order chi connectivity index (χ0) is 15.9. The zero-order valence-corrected chi connectivity index (χ0v) is 14.0. The molecule has 0 bridgehead atoms. The molecule has 1 aromatic carbocycles. The molecule has 0 radical (unpaired) electrons. The minimum atomic E-state index is -0.129. The van der Waals surface area contributed by atoms with E-state index >= 15 is 0 Å². The normalized spacial score (nSPS) is 11.6. The molecular weight excluding hydrogens is 326 g/mol. The van der Waals surface area contributed by atoms with Gasteiger partial charge in [0.1, 0.15) is 0 Å². The zero-order valence-electron chi connectivity index (χ0n) is 12.3. The van der Waals surface area contributed by atoms with E-state index in [0.29, 0.717) is 12.3 Å². The number of rotatable bonds is 5. The molecule has 0 N–H and O–H groups in total. The lowest BCUT2D eigenvalue weighted by Gasteiger charge is -2.02. The quantitative estimate of drug-likeness (QED) is 0.670. The fourth-order valence-electron chi connectivity index (χ4n) is 2.01. The van der Waals surface area contributed by atoms with E-state index in [1.54, 1.807) is 12.4 Å². The van der Waals surface area contributed by atoms with Gasteiger partial charge in [-0.3, -0.25) is 9.78 Å². The van der Waals surface area contributed by atoms with Gasteiger partial charge in [0, 0.05) is 35.4 Å². The first-order chi connectivity index (χ1) is 11.3. The number of benzene rings is 1. The van der Waals surface area contributed by atoms with Crippen LogP contribution in [0.25, 0.3) is 0 Å². The van der Waals surface area contributed by atoms with Crippen molar-refractivity contribution < 1.29 is 4.79 Å². The Morgan fingerprint density at radius 1 is 1.17 bits per heavy atom. The van der Waals surface area contributed by atoms with Crippen molar-refractivity contribution in [3.63, 3.8) is 0 Å². The standard InChI is InChI=1S/C17H15N3OS2/c21-16(13-23-15-6-8-18-9-7-15)19-17-20(10-11-22-17)12-14-4-2-1-3-5-14/h1-11H,12-13H2. The third-order valence-electron chi connectivity index (χ3n) is 3.09.